The van der Waals surface area contributed by atoms with Gasteiger partial charge >= 0.3 is 0 Å². The summed E-state index contributed by atoms with van der Waals surface area (Å²) in [5.74, 6) is -0.824. The molecule has 1 amide bonds. The smallest absolute Gasteiger partial charge is 0.256 e. The zero-order chi connectivity index (χ0) is 19.5. The average molecular weight is 445 g/mol. The van der Waals surface area contributed by atoms with Gasteiger partial charge in [0.05, 0.1) is 6.10 Å². The zero-order valence-electron chi connectivity index (χ0n) is 15.0. The van der Waals surface area contributed by atoms with E-state index in [1.54, 1.807) is 24.3 Å². The summed E-state index contributed by atoms with van der Waals surface area (Å²) in [5, 5.41) is 3.61. The van der Waals surface area contributed by atoms with Gasteiger partial charge in [-0.25, -0.2) is 9.38 Å². The molecule has 1 atom stereocenters. The Hall–Kier alpha value is -2.51. The van der Waals surface area contributed by atoms with Gasteiger partial charge in [-0.1, -0.05) is 28.1 Å². The summed E-state index contributed by atoms with van der Waals surface area (Å²) in [5.41, 5.74) is 0.960. The molecule has 0 aliphatic carbocycles. The van der Waals surface area contributed by atoms with E-state index in [0.717, 1.165) is 22.7 Å². The summed E-state index contributed by atoms with van der Waals surface area (Å²) >= 11 is 3.42. The molecule has 2 heterocycles. The molecule has 0 saturated carbocycles. The Morgan fingerprint density at radius 1 is 1.25 bits per heavy atom. The maximum atomic E-state index is 14.1. The van der Waals surface area contributed by atoms with Gasteiger partial charge in [-0.15, -0.1) is 0 Å². The largest absolute Gasteiger partial charge is 0.438 e. The third-order valence-corrected chi connectivity index (χ3v) is 5.04. The van der Waals surface area contributed by atoms with Crippen molar-refractivity contribution in [3.05, 3.63) is 69.9 Å². The van der Waals surface area contributed by atoms with Gasteiger partial charge in [0.2, 0.25) is 5.55 Å². The van der Waals surface area contributed by atoms with E-state index in [2.05, 4.69) is 26.2 Å². The summed E-state index contributed by atoms with van der Waals surface area (Å²) in [6, 6.07) is 13.3. The van der Waals surface area contributed by atoms with Crippen LogP contribution >= 0.6 is 15.9 Å². The Labute approximate surface area is 169 Å². The van der Waals surface area contributed by atoms with Gasteiger partial charge in [-0.2, -0.15) is 0 Å². The van der Waals surface area contributed by atoms with Crippen LogP contribution < -0.4 is 10.9 Å². The number of amides is 1. The number of carbonyl (C=O) groups is 1. The molecule has 1 saturated heterocycles. The van der Waals surface area contributed by atoms with Gasteiger partial charge in [-0.3, -0.25) is 4.79 Å². The molecule has 1 fully saturated rings. The summed E-state index contributed by atoms with van der Waals surface area (Å²) in [6.07, 6.45) is 1.93. The fraction of sp³-hybridized carbons (Fsp3) is 0.238. The fourth-order valence-corrected chi connectivity index (χ4v) is 3.48. The number of nitrogens with zero attached hydrogens (tertiary/aromatic N) is 1. The first-order valence-electron chi connectivity index (χ1n) is 9.02. The van der Waals surface area contributed by atoms with E-state index in [1.165, 1.54) is 12.1 Å². The van der Waals surface area contributed by atoms with E-state index in [9.17, 15) is 9.18 Å². The first kappa shape index (κ1) is 18.8. The number of hydrogen-bond acceptors (Lipinski definition) is 4. The van der Waals surface area contributed by atoms with Crippen molar-refractivity contribution >= 4 is 38.5 Å². The molecule has 144 valence electrons. The van der Waals surface area contributed by atoms with E-state index in [0.29, 0.717) is 18.7 Å². The maximum absolute atomic E-state index is 14.1. The molecule has 1 aliphatic rings. The second kappa shape index (κ2) is 8.24. The van der Waals surface area contributed by atoms with Crippen LogP contribution in [0.2, 0.25) is 0 Å². The number of carbonyl (C=O) groups excluding carboxylic acids is 1. The van der Waals surface area contributed by atoms with Crippen LogP contribution in [0.25, 0.3) is 11.0 Å². The predicted molar refractivity (Wildman–Crippen MR) is 107 cm³/mol. The molecule has 2 aromatic carbocycles. The van der Waals surface area contributed by atoms with Crippen molar-refractivity contribution < 1.29 is 18.3 Å². The van der Waals surface area contributed by atoms with E-state index < -0.39 is 5.82 Å². The number of fused-ring (bicyclic) bond motifs is 1. The van der Waals surface area contributed by atoms with Crippen LogP contribution in [0, 0.1) is 5.82 Å². The standard InChI is InChI=1S/C21H18BrFN2O3/c22-14-7-8-19-13(10-14)11-16(20(26)24-12-15-4-3-9-27-15)21(28-19)25-18-6-2-1-5-17(18)23/h1-2,5-8,10-11,15H,3-4,9,12H2,(H,24,26). The second-order valence-electron chi connectivity index (χ2n) is 6.56. The lowest BCUT2D eigenvalue weighted by atomic mass is 10.1. The van der Waals surface area contributed by atoms with Gasteiger partial charge in [0, 0.05) is 23.0 Å². The van der Waals surface area contributed by atoms with Gasteiger partial charge < -0.3 is 14.5 Å². The minimum absolute atomic E-state index is 0.0162. The first-order chi connectivity index (χ1) is 13.6. The molecule has 5 nitrogen and oxygen atoms in total. The molecule has 1 aromatic heterocycles. The quantitative estimate of drug-likeness (QED) is 0.645. The van der Waals surface area contributed by atoms with Crippen LogP contribution in [0.3, 0.4) is 0 Å². The molecule has 1 unspecified atom stereocenters. The summed E-state index contributed by atoms with van der Waals surface area (Å²) in [4.78, 5) is 17.1. The molecular formula is C21H18BrFN2O3. The number of nitrogens with one attached hydrogen (secondary N) is 1. The van der Waals surface area contributed by atoms with Crippen LogP contribution in [-0.2, 0) is 4.74 Å². The van der Waals surface area contributed by atoms with Crippen molar-refractivity contribution in [2.45, 2.75) is 18.9 Å². The predicted octanol–water partition coefficient (Wildman–Crippen LogP) is 4.48. The van der Waals surface area contributed by atoms with Crippen molar-refractivity contribution in [2.75, 3.05) is 13.2 Å². The van der Waals surface area contributed by atoms with E-state index >= 15 is 0 Å². The number of halogens is 2. The fourth-order valence-electron chi connectivity index (χ4n) is 3.11. The molecule has 28 heavy (non-hydrogen) atoms. The molecule has 1 N–H and O–H groups in total. The molecule has 4 rings (SSSR count). The van der Waals surface area contributed by atoms with Crippen molar-refractivity contribution in [3.8, 4) is 0 Å². The highest BCUT2D eigenvalue weighted by Crippen LogP contribution is 2.21. The third kappa shape index (κ3) is 4.15. The van der Waals surface area contributed by atoms with Crippen molar-refractivity contribution in [1.29, 1.82) is 0 Å². The van der Waals surface area contributed by atoms with Crippen LogP contribution in [-0.4, -0.2) is 25.2 Å². The molecule has 7 heteroatoms. The SMILES string of the molecule is O=C(NCC1CCCO1)c1cc2cc(Br)ccc2oc1=Nc1ccccc1F. The summed E-state index contributed by atoms with van der Waals surface area (Å²) in [6.45, 7) is 1.13. The maximum Gasteiger partial charge on any atom is 0.256 e. The Bertz CT molecular complexity index is 1090. The second-order valence-corrected chi connectivity index (χ2v) is 7.47. The molecule has 1 aliphatic heterocycles. The van der Waals surface area contributed by atoms with Gasteiger partial charge in [0.15, 0.2) is 0 Å². The lowest BCUT2D eigenvalue weighted by Crippen LogP contribution is -2.34. The molecular weight excluding hydrogens is 427 g/mol. The van der Waals surface area contributed by atoms with E-state index in [4.69, 9.17) is 9.15 Å². The van der Waals surface area contributed by atoms with Crippen LogP contribution in [0.15, 0.2) is 62.4 Å². The minimum atomic E-state index is -0.487. The van der Waals surface area contributed by atoms with E-state index in [1.807, 2.05) is 12.1 Å². The minimum Gasteiger partial charge on any atom is -0.438 e. The molecule has 3 aromatic rings. The Balaban J connectivity index is 1.77. The van der Waals surface area contributed by atoms with Gasteiger partial charge in [0.25, 0.3) is 5.91 Å². The van der Waals surface area contributed by atoms with E-state index in [-0.39, 0.29) is 28.8 Å². The van der Waals surface area contributed by atoms with Crippen molar-refractivity contribution in [1.82, 2.24) is 5.32 Å². The normalized spacial score (nSPS) is 17.2. The van der Waals surface area contributed by atoms with Crippen LogP contribution in [0.5, 0.6) is 0 Å². The number of hydrogen-bond donors (Lipinski definition) is 1. The topological polar surface area (TPSA) is 63.8 Å². The number of ether oxygens (including phenoxy) is 1. The number of benzene rings is 2. The lowest BCUT2D eigenvalue weighted by molar-refractivity contribution is 0.0854. The van der Waals surface area contributed by atoms with Gasteiger partial charge in [-0.05, 0) is 49.2 Å². The average Bonchev–Trinajstić information content (AvgIpc) is 3.21. The monoisotopic (exact) mass is 444 g/mol. The Morgan fingerprint density at radius 3 is 2.89 bits per heavy atom. The highest BCUT2D eigenvalue weighted by molar-refractivity contribution is 9.10. The molecule has 0 radical (unpaired) electrons. The Morgan fingerprint density at radius 2 is 2.11 bits per heavy atom. The van der Waals surface area contributed by atoms with Crippen molar-refractivity contribution in [2.24, 2.45) is 4.99 Å². The van der Waals surface area contributed by atoms with Crippen LogP contribution in [0.1, 0.15) is 23.2 Å². The van der Waals surface area contributed by atoms with Crippen LogP contribution in [0.4, 0.5) is 10.1 Å². The first-order valence-corrected chi connectivity index (χ1v) is 9.82. The highest BCUT2D eigenvalue weighted by Gasteiger charge is 2.18. The number of para-hydroxylation sites is 1. The summed E-state index contributed by atoms with van der Waals surface area (Å²) in [7, 11) is 0. The third-order valence-electron chi connectivity index (χ3n) is 4.54. The van der Waals surface area contributed by atoms with Gasteiger partial charge in [0.1, 0.15) is 22.7 Å². The Kier molecular flexibility index (Phi) is 5.54. The lowest BCUT2D eigenvalue weighted by Gasteiger charge is -2.11. The highest BCUT2D eigenvalue weighted by atomic mass is 79.9. The molecule has 0 bridgehead atoms. The zero-order valence-corrected chi connectivity index (χ0v) is 16.5. The van der Waals surface area contributed by atoms with Crippen molar-refractivity contribution in [3.63, 3.8) is 0 Å². The number of rotatable bonds is 4. The molecule has 0 spiro atoms. The summed E-state index contributed by atoms with van der Waals surface area (Å²) < 4.78 is 26.3.